The minimum absolute atomic E-state index is 0.453. The number of anilines is 2. The number of nitrogens with one attached hydrogen (secondary N) is 1. The van der Waals surface area contributed by atoms with E-state index in [1.54, 1.807) is 25.3 Å². The summed E-state index contributed by atoms with van der Waals surface area (Å²) in [5.41, 5.74) is 1.83. The molecule has 0 saturated carbocycles. The predicted molar refractivity (Wildman–Crippen MR) is 86.7 cm³/mol. The molecule has 4 nitrogen and oxygen atoms in total. The second-order valence-corrected chi connectivity index (χ2v) is 5.44. The number of nitriles is 1. The summed E-state index contributed by atoms with van der Waals surface area (Å²) in [5, 5.41) is 12.8. The van der Waals surface area contributed by atoms with Crippen LogP contribution in [0, 0.1) is 11.3 Å². The molecule has 0 heterocycles. The monoisotopic (exact) mass is 366 g/mol. The van der Waals surface area contributed by atoms with Crippen molar-refractivity contribution < 1.29 is 9.47 Å². The molecule has 0 bridgehead atoms. The molecule has 0 spiro atoms. The molecule has 0 aliphatic heterocycles. The Bertz CT molecular complexity index is 714. The second kappa shape index (κ2) is 6.70. The summed E-state index contributed by atoms with van der Waals surface area (Å²) in [7, 11) is 3.09. The molecule has 0 fully saturated rings. The summed E-state index contributed by atoms with van der Waals surface area (Å²) >= 11 is 9.52. The quantitative estimate of drug-likeness (QED) is 0.848. The third kappa shape index (κ3) is 3.41. The zero-order valence-corrected chi connectivity index (χ0v) is 13.7. The standard InChI is InChI=1S/C15H12BrClN2O2/c1-20-14-7-15(21-2)13(6-11(14)17)19-12-5-10(16)4-3-9(12)8-18/h3-7,19H,1-2H3. The average molecular weight is 368 g/mol. The summed E-state index contributed by atoms with van der Waals surface area (Å²) < 4.78 is 11.3. The van der Waals surface area contributed by atoms with E-state index in [4.69, 9.17) is 26.3 Å². The molecule has 0 amide bonds. The molecule has 0 aliphatic rings. The van der Waals surface area contributed by atoms with Crippen LogP contribution in [-0.2, 0) is 0 Å². The van der Waals surface area contributed by atoms with E-state index in [0.717, 1.165) is 4.47 Å². The third-order valence-corrected chi connectivity index (χ3v) is 3.63. The first kappa shape index (κ1) is 15.5. The molecular weight excluding hydrogens is 356 g/mol. The van der Waals surface area contributed by atoms with Gasteiger partial charge >= 0.3 is 0 Å². The van der Waals surface area contributed by atoms with Crippen molar-refractivity contribution >= 4 is 38.9 Å². The molecule has 21 heavy (non-hydrogen) atoms. The molecule has 0 aliphatic carbocycles. The first-order valence-electron chi connectivity index (χ1n) is 5.97. The number of rotatable bonds is 4. The lowest BCUT2D eigenvalue weighted by molar-refractivity contribution is 0.396. The van der Waals surface area contributed by atoms with Crippen molar-refractivity contribution in [2.24, 2.45) is 0 Å². The average Bonchev–Trinajstić information content (AvgIpc) is 2.48. The Balaban J connectivity index is 2.47. The molecule has 2 rings (SSSR count). The highest BCUT2D eigenvalue weighted by Crippen LogP contribution is 2.38. The van der Waals surface area contributed by atoms with Crippen LogP contribution in [0.4, 0.5) is 11.4 Å². The Labute approximate surface area is 136 Å². The van der Waals surface area contributed by atoms with Crippen LogP contribution in [0.3, 0.4) is 0 Å². The number of hydrogen-bond acceptors (Lipinski definition) is 4. The van der Waals surface area contributed by atoms with Crippen molar-refractivity contribution in [2.75, 3.05) is 19.5 Å². The maximum absolute atomic E-state index is 9.17. The minimum Gasteiger partial charge on any atom is -0.495 e. The van der Waals surface area contributed by atoms with Gasteiger partial charge in [0.2, 0.25) is 0 Å². The van der Waals surface area contributed by atoms with Gasteiger partial charge in [0.15, 0.2) is 0 Å². The Kier molecular flexibility index (Phi) is 4.94. The van der Waals surface area contributed by atoms with Crippen LogP contribution in [-0.4, -0.2) is 14.2 Å². The lowest BCUT2D eigenvalue weighted by Crippen LogP contribution is -1.98. The smallest absolute Gasteiger partial charge is 0.146 e. The molecule has 0 unspecified atom stereocenters. The van der Waals surface area contributed by atoms with E-state index >= 15 is 0 Å². The van der Waals surface area contributed by atoms with E-state index in [1.165, 1.54) is 7.11 Å². The van der Waals surface area contributed by atoms with E-state index in [1.807, 2.05) is 12.1 Å². The fourth-order valence-corrected chi connectivity index (χ4v) is 2.42. The predicted octanol–water partition coefficient (Wildman–Crippen LogP) is 4.73. The molecule has 0 saturated heterocycles. The fraction of sp³-hybridized carbons (Fsp3) is 0.133. The van der Waals surface area contributed by atoms with E-state index in [0.29, 0.717) is 33.5 Å². The first-order chi connectivity index (χ1) is 10.1. The molecule has 6 heteroatoms. The van der Waals surface area contributed by atoms with Gasteiger partial charge in [-0.15, -0.1) is 0 Å². The van der Waals surface area contributed by atoms with Crippen molar-refractivity contribution in [3.8, 4) is 17.6 Å². The molecule has 0 radical (unpaired) electrons. The molecule has 1 N–H and O–H groups in total. The van der Waals surface area contributed by atoms with Gasteiger partial charge in [-0.2, -0.15) is 5.26 Å². The van der Waals surface area contributed by atoms with Crippen LogP contribution in [0.5, 0.6) is 11.5 Å². The first-order valence-corrected chi connectivity index (χ1v) is 7.14. The van der Waals surface area contributed by atoms with E-state index in [-0.39, 0.29) is 0 Å². The van der Waals surface area contributed by atoms with Gasteiger partial charge in [-0.25, -0.2) is 0 Å². The normalized spacial score (nSPS) is 9.86. The van der Waals surface area contributed by atoms with Crippen LogP contribution in [0.1, 0.15) is 5.56 Å². The fourth-order valence-electron chi connectivity index (χ4n) is 1.82. The maximum Gasteiger partial charge on any atom is 0.146 e. The van der Waals surface area contributed by atoms with Crippen LogP contribution in [0.25, 0.3) is 0 Å². The number of ether oxygens (including phenoxy) is 2. The van der Waals surface area contributed by atoms with E-state index in [9.17, 15) is 0 Å². The van der Waals surface area contributed by atoms with E-state index < -0.39 is 0 Å². The third-order valence-electron chi connectivity index (χ3n) is 2.85. The summed E-state index contributed by atoms with van der Waals surface area (Å²) in [6.07, 6.45) is 0. The topological polar surface area (TPSA) is 54.3 Å². The van der Waals surface area contributed by atoms with Gasteiger partial charge in [-0.1, -0.05) is 27.5 Å². The maximum atomic E-state index is 9.17. The Morgan fingerprint density at radius 2 is 1.81 bits per heavy atom. The lowest BCUT2D eigenvalue weighted by Gasteiger charge is -2.15. The van der Waals surface area contributed by atoms with Crippen molar-refractivity contribution in [3.63, 3.8) is 0 Å². The number of nitrogens with zero attached hydrogens (tertiary/aromatic N) is 1. The minimum atomic E-state index is 0.453. The number of benzene rings is 2. The molecule has 0 atom stereocenters. The number of hydrogen-bond donors (Lipinski definition) is 1. The zero-order valence-electron chi connectivity index (χ0n) is 11.4. The molecule has 2 aromatic rings. The van der Waals surface area contributed by atoms with Gasteiger partial charge in [-0.3, -0.25) is 0 Å². The molecule has 108 valence electrons. The highest BCUT2D eigenvalue weighted by molar-refractivity contribution is 9.10. The molecule has 0 aromatic heterocycles. The van der Waals surface area contributed by atoms with Crippen LogP contribution in [0.15, 0.2) is 34.8 Å². The Morgan fingerprint density at radius 3 is 2.43 bits per heavy atom. The molecule has 2 aromatic carbocycles. The van der Waals surface area contributed by atoms with Gasteiger partial charge in [0.05, 0.1) is 36.2 Å². The second-order valence-electron chi connectivity index (χ2n) is 4.11. The van der Waals surface area contributed by atoms with E-state index in [2.05, 4.69) is 27.3 Å². The highest BCUT2D eigenvalue weighted by Gasteiger charge is 2.12. The van der Waals surface area contributed by atoms with Crippen LogP contribution in [0.2, 0.25) is 5.02 Å². The zero-order chi connectivity index (χ0) is 15.4. The van der Waals surface area contributed by atoms with Crippen molar-refractivity contribution in [2.45, 2.75) is 0 Å². The largest absolute Gasteiger partial charge is 0.495 e. The van der Waals surface area contributed by atoms with Gasteiger partial charge in [0.25, 0.3) is 0 Å². The lowest BCUT2D eigenvalue weighted by atomic mass is 10.2. The van der Waals surface area contributed by atoms with Gasteiger partial charge in [0, 0.05) is 10.5 Å². The van der Waals surface area contributed by atoms with Gasteiger partial charge in [-0.05, 0) is 24.3 Å². The van der Waals surface area contributed by atoms with Crippen molar-refractivity contribution in [3.05, 3.63) is 45.4 Å². The SMILES string of the molecule is COc1cc(OC)c(Nc2cc(Br)ccc2C#N)cc1Cl. The molecular formula is C15H12BrClN2O2. The number of halogens is 2. The summed E-state index contributed by atoms with van der Waals surface area (Å²) in [6, 6.07) is 10.9. The van der Waals surface area contributed by atoms with Gasteiger partial charge in [0.1, 0.15) is 17.6 Å². The van der Waals surface area contributed by atoms with Gasteiger partial charge < -0.3 is 14.8 Å². The van der Waals surface area contributed by atoms with Crippen molar-refractivity contribution in [1.29, 1.82) is 5.26 Å². The summed E-state index contributed by atoms with van der Waals surface area (Å²) in [4.78, 5) is 0. The summed E-state index contributed by atoms with van der Waals surface area (Å²) in [5.74, 6) is 1.09. The highest BCUT2D eigenvalue weighted by atomic mass is 79.9. The summed E-state index contributed by atoms with van der Waals surface area (Å²) in [6.45, 7) is 0. The van der Waals surface area contributed by atoms with Crippen LogP contribution < -0.4 is 14.8 Å². The number of methoxy groups -OCH3 is 2. The van der Waals surface area contributed by atoms with Crippen molar-refractivity contribution in [1.82, 2.24) is 0 Å². The van der Waals surface area contributed by atoms with Crippen LogP contribution >= 0.6 is 27.5 Å². The Morgan fingerprint density at radius 1 is 1.10 bits per heavy atom. The Hall–Kier alpha value is -1.90.